The van der Waals surface area contributed by atoms with Crippen LogP contribution in [0.1, 0.15) is 32.3 Å². The first-order chi connectivity index (χ1) is 11.7. The van der Waals surface area contributed by atoms with Gasteiger partial charge >= 0.3 is 0 Å². The lowest BCUT2D eigenvalue weighted by Gasteiger charge is -2.10. The van der Waals surface area contributed by atoms with Crippen molar-refractivity contribution in [3.63, 3.8) is 0 Å². The molecule has 0 aliphatic rings. The van der Waals surface area contributed by atoms with E-state index in [4.69, 9.17) is 4.74 Å². The molecule has 6 heteroatoms. The second kappa shape index (κ2) is 8.73. The molecule has 1 aromatic heterocycles. The van der Waals surface area contributed by atoms with Crippen molar-refractivity contribution in [2.45, 2.75) is 26.7 Å². The Bertz CT molecular complexity index is 753. The fourth-order valence-electron chi connectivity index (χ4n) is 2.28. The first-order valence-corrected chi connectivity index (χ1v) is 8.16. The molecule has 2 aromatic rings. The molecule has 0 atom stereocenters. The summed E-state index contributed by atoms with van der Waals surface area (Å²) >= 11 is 0. The molecule has 0 aliphatic carbocycles. The summed E-state index contributed by atoms with van der Waals surface area (Å²) in [4.78, 5) is 15.7. The normalized spacial score (nSPS) is 10.2. The number of nitriles is 1. The van der Waals surface area contributed by atoms with Crippen LogP contribution >= 0.6 is 0 Å². The van der Waals surface area contributed by atoms with E-state index in [1.807, 2.05) is 38.1 Å². The quantitative estimate of drug-likeness (QED) is 0.728. The summed E-state index contributed by atoms with van der Waals surface area (Å²) < 4.78 is 5.48. The number of carbonyl (C=O) groups is 1. The molecule has 0 fully saturated rings. The minimum absolute atomic E-state index is 0.0432. The monoisotopic (exact) mass is 326 g/mol. The van der Waals surface area contributed by atoms with Gasteiger partial charge in [-0.05, 0) is 37.6 Å². The number of pyridine rings is 1. The van der Waals surface area contributed by atoms with E-state index in [1.54, 1.807) is 0 Å². The van der Waals surface area contributed by atoms with Crippen LogP contribution in [0.15, 0.2) is 24.3 Å². The van der Waals surface area contributed by atoms with E-state index in [2.05, 4.69) is 21.7 Å². The van der Waals surface area contributed by atoms with Gasteiger partial charge < -0.3 is 15.4 Å². The highest BCUT2D eigenvalue weighted by atomic mass is 16.5. The van der Waals surface area contributed by atoms with Gasteiger partial charge in [0, 0.05) is 24.9 Å². The van der Waals surface area contributed by atoms with Gasteiger partial charge in [-0.25, -0.2) is 4.98 Å². The zero-order valence-electron chi connectivity index (χ0n) is 14.1. The lowest BCUT2D eigenvalue weighted by molar-refractivity contribution is -0.120. The van der Waals surface area contributed by atoms with Crippen molar-refractivity contribution in [3.8, 4) is 11.8 Å². The van der Waals surface area contributed by atoms with Gasteiger partial charge in [-0.3, -0.25) is 4.79 Å². The lowest BCUT2D eigenvalue weighted by atomic mass is 10.1. The number of amides is 1. The zero-order valence-corrected chi connectivity index (χ0v) is 14.1. The van der Waals surface area contributed by atoms with Gasteiger partial charge in [0.25, 0.3) is 0 Å². The number of hydrogen-bond acceptors (Lipinski definition) is 5. The molecule has 0 radical (unpaired) electrons. The first kappa shape index (κ1) is 17.5. The summed E-state index contributed by atoms with van der Waals surface area (Å²) in [5.74, 6) is 1.38. The third-order valence-electron chi connectivity index (χ3n) is 3.51. The predicted molar refractivity (Wildman–Crippen MR) is 94.0 cm³/mol. The van der Waals surface area contributed by atoms with E-state index in [0.29, 0.717) is 37.5 Å². The van der Waals surface area contributed by atoms with E-state index < -0.39 is 0 Å². The maximum atomic E-state index is 11.2. The van der Waals surface area contributed by atoms with Crippen LogP contribution in [-0.4, -0.2) is 30.6 Å². The molecule has 1 heterocycles. The summed E-state index contributed by atoms with van der Waals surface area (Å²) in [6.07, 6.45) is 1.25. The van der Waals surface area contributed by atoms with Gasteiger partial charge in [0.1, 0.15) is 17.6 Å². The third-order valence-corrected chi connectivity index (χ3v) is 3.51. The number of aromatic nitrogens is 1. The van der Waals surface area contributed by atoms with Gasteiger partial charge in [-0.1, -0.05) is 6.92 Å². The van der Waals surface area contributed by atoms with Crippen molar-refractivity contribution in [2.24, 2.45) is 0 Å². The van der Waals surface area contributed by atoms with E-state index in [-0.39, 0.29) is 5.91 Å². The molecule has 2 N–H and O–H groups in total. The number of nitrogens with zero attached hydrogens (tertiary/aromatic N) is 2. The van der Waals surface area contributed by atoms with Gasteiger partial charge in [0.2, 0.25) is 5.91 Å². The first-order valence-electron chi connectivity index (χ1n) is 8.16. The van der Waals surface area contributed by atoms with E-state index >= 15 is 0 Å². The van der Waals surface area contributed by atoms with Crippen molar-refractivity contribution in [1.29, 1.82) is 5.26 Å². The average Bonchev–Trinajstić information content (AvgIpc) is 2.60. The standard InChI is InChI=1S/C18H22N4O2/c1-3-17(23)20-8-5-9-21-18-14(12-19)10-13-11-15(24-4-2)6-7-16(13)22-18/h6-7,10-11H,3-5,8-9H2,1-2H3,(H,20,23)(H,21,22). The van der Waals surface area contributed by atoms with Crippen LogP contribution in [0.4, 0.5) is 5.82 Å². The molecule has 1 aromatic carbocycles. The number of carbonyl (C=O) groups excluding carboxylic acids is 1. The Morgan fingerprint density at radius 3 is 2.83 bits per heavy atom. The van der Waals surface area contributed by atoms with Crippen molar-refractivity contribution < 1.29 is 9.53 Å². The molecule has 126 valence electrons. The van der Waals surface area contributed by atoms with Crippen LogP contribution in [0.25, 0.3) is 10.9 Å². The summed E-state index contributed by atoms with van der Waals surface area (Å²) in [6, 6.07) is 9.62. The van der Waals surface area contributed by atoms with Crippen molar-refractivity contribution >= 4 is 22.6 Å². The molecule has 0 aliphatic heterocycles. The Morgan fingerprint density at radius 1 is 1.29 bits per heavy atom. The highest BCUT2D eigenvalue weighted by Gasteiger charge is 2.07. The third kappa shape index (κ3) is 4.59. The molecule has 0 spiro atoms. The van der Waals surface area contributed by atoms with E-state index in [1.165, 1.54) is 0 Å². The minimum atomic E-state index is 0.0432. The van der Waals surface area contributed by atoms with Crippen LogP contribution < -0.4 is 15.4 Å². The van der Waals surface area contributed by atoms with Gasteiger partial charge in [0.05, 0.1) is 17.7 Å². The van der Waals surface area contributed by atoms with Gasteiger partial charge in [0.15, 0.2) is 0 Å². The van der Waals surface area contributed by atoms with Crippen molar-refractivity contribution in [3.05, 3.63) is 29.8 Å². The summed E-state index contributed by atoms with van der Waals surface area (Å²) in [7, 11) is 0. The molecule has 0 bridgehead atoms. The number of hydrogen-bond donors (Lipinski definition) is 2. The fraction of sp³-hybridized carbons (Fsp3) is 0.389. The van der Waals surface area contributed by atoms with Crippen LogP contribution in [0, 0.1) is 11.3 Å². The predicted octanol–water partition coefficient (Wildman–Crippen LogP) is 2.83. The second-order valence-corrected chi connectivity index (χ2v) is 5.27. The second-order valence-electron chi connectivity index (χ2n) is 5.27. The van der Waals surface area contributed by atoms with Crippen LogP contribution in [0.3, 0.4) is 0 Å². The highest BCUT2D eigenvalue weighted by molar-refractivity contribution is 5.84. The van der Waals surface area contributed by atoms with Crippen LogP contribution in [-0.2, 0) is 4.79 Å². The number of anilines is 1. The molecule has 0 saturated carbocycles. The van der Waals surface area contributed by atoms with Crippen LogP contribution in [0.2, 0.25) is 0 Å². The maximum Gasteiger partial charge on any atom is 0.219 e. The fourth-order valence-corrected chi connectivity index (χ4v) is 2.28. The van der Waals surface area contributed by atoms with Gasteiger partial charge in [-0.15, -0.1) is 0 Å². The molecule has 1 amide bonds. The van der Waals surface area contributed by atoms with Gasteiger partial charge in [-0.2, -0.15) is 5.26 Å². The number of rotatable bonds is 8. The maximum absolute atomic E-state index is 11.2. The Hall–Kier alpha value is -2.81. The molecule has 6 nitrogen and oxygen atoms in total. The topological polar surface area (TPSA) is 87.0 Å². The number of fused-ring (bicyclic) bond motifs is 1. The number of benzene rings is 1. The molecular weight excluding hydrogens is 304 g/mol. The average molecular weight is 326 g/mol. The van der Waals surface area contributed by atoms with E-state index in [0.717, 1.165) is 23.1 Å². The number of nitrogens with one attached hydrogen (secondary N) is 2. The lowest BCUT2D eigenvalue weighted by Crippen LogP contribution is -2.24. The highest BCUT2D eigenvalue weighted by Crippen LogP contribution is 2.24. The molecule has 0 unspecified atom stereocenters. The smallest absolute Gasteiger partial charge is 0.219 e. The minimum Gasteiger partial charge on any atom is -0.494 e. The Morgan fingerprint density at radius 2 is 2.12 bits per heavy atom. The SMILES string of the molecule is CCOc1ccc2nc(NCCCNC(=O)CC)c(C#N)cc2c1. The summed E-state index contributed by atoms with van der Waals surface area (Å²) in [5.41, 5.74) is 1.30. The Labute approximate surface area is 141 Å². The zero-order chi connectivity index (χ0) is 17.4. The number of ether oxygens (including phenoxy) is 1. The molecule has 0 saturated heterocycles. The Kier molecular flexibility index (Phi) is 6.38. The van der Waals surface area contributed by atoms with Crippen LogP contribution in [0.5, 0.6) is 5.75 Å². The Balaban J connectivity index is 2.05. The molecule has 24 heavy (non-hydrogen) atoms. The molecular formula is C18H22N4O2. The van der Waals surface area contributed by atoms with Crippen molar-refractivity contribution in [1.82, 2.24) is 10.3 Å². The van der Waals surface area contributed by atoms with Crippen molar-refractivity contribution in [2.75, 3.05) is 25.0 Å². The summed E-state index contributed by atoms with van der Waals surface area (Å²) in [5, 5.41) is 16.2. The van der Waals surface area contributed by atoms with E-state index in [9.17, 15) is 10.1 Å². The largest absolute Gasteiger partial charge is 0.494 e. The summed E-state index contributed by atoms with van der Waals surface area (Å²) in [6.45, 7) is 5.58. The molecule has 2 rings (SSSR count).